The number of H-pyrrole nitrogens is 1. The Morgan fingerprint density at radius 1 is 0.889 bits per heavy atom. The van der Waals surface area contributed by atoms with E-state index in [4.69, 9.17) is 0 Å². The van der Waals surface area contributed by atoms with Gasteiger partial charge in [-0.3, -0.25) is 0 Å². The number of nitrogens with zero attached hydrogens (tertiary/aromatic N) is 1. The van der Waals surface area contributed by atoms with E-state index >= 15 is 0 Å². The maximum absolute atomic E-state index is 13.6. The van der Waals surface area contributed by atoms with Crippen molar-refractivity contribution in [3.63, 3.8) is 0 Å². The number of benzene rings is 2. The molecular formula is C22H20N2O2S. The maximum Gasteiger partial charge on any atom is 0.189 e. The molecule has 0 saturated heterocycles. The molecule has 0 bridgehead atoms. The molecule has 27 heavy (non-hydrogen) atoms. The van der Waals surface area contributed by atoms with Gasteiger partial charge in [0.15, 0.2) is 9.84 Å². The number of aromatic amines is 1. The number of pyridine rings is 1. The third-order valence-corrected chi connectivity index (χ3v) is 6.88. The summed E-state index contributed by atoms with van der Waals surface area (Å²) in [5.74, 6) is 0. The van der Waals surface area contributed by atoms with E-state index in [1.165, 1.54) is 0 Å². The number of sulfone groups is 1. The fourth-order valence-electron chi connectivity index (χ4n) is 3.33. The topological polar surface area (TPSA) is 62.8 Å². The molecule has 1 N–H and O–H groups in total. The zero-order chi connectivity index (χ0) is 19.0. The molecule has 2 aromatic heterocycles. The van der Waals surface area contributed by atoms with Gasteiger partial charge in [0.2, 0.25) is 0 Å². The lowest BCUT2D eigenvalue weighted by atomic mass is 10.0. The molecule has 0 amide bonds. The monoisotopic (exact) mass is 376 g/mol. The van der Waals surface area contributed by atoms with Crippen LogP contribution in [0, 0.1) is 13.8 Å². The van der Waals surface area contributed by atoms with Crippen LogP contribution in [0.4, 0.5) is 0 Å². The second-order valence-electron chi connectivity index (χ2n) is 6.79. The van der Waals surface area contributed by atoms with Gasteiger partial charge < -0.3 is 4.98 Å². The highest BCUT2D eigenvalue weighted by Gasteiger charge is 2.32. The fraction of sp³-hybridized carbons (Fsp3) is 0.136. The number of hydrogen-bond acceptors (Lipinski definition) is 3. The van der Waals surface area contributed by atoms with Crippen LogP contribution in [0.2, 0.25) is 0 Å². The van der Waals surface area contributed by atoms with Crippen LogP contribution in [0.5, 0.6) is 0 Å². The van der Waals surface area contributed by atoms with Crippen molar-refractivity contribution in [1.82, 2.24) is 9.97 Å². The second kappa shape index (κ2) is 6.67. The lowest BCUT2D eigenvalue weighted by Gasteiger charge is -2.18. The molecule has 2 heterocycles. The van der Waals surface area contributed by atoms with Gasteiger partial charge in [-0.25, -0.2) is 13.4 Å². The normalized spacial score (nSPS) is 13.0. The van der Waals surface area contributed by atoms with Gasteiger partial charge in [-0.15, -0.1) is 0 Å². The van der Waals surface area contributed by atoms with Gasteiger partial charge in [0.25, 0.3) is 0 Å². The summed E-state index contributed by atoms with van der Waals surface area (Å²) in [7, 11) is -3.65. The quantitative estimate of drug-likeness (QED) is 0.559. The molecule has 4 nitrogen and oxygen atoms in total. The smallest absolute Gasteiger partial charge is 0.189 e. The summed E-state index contributed by atoms with van der Waals surface area (Å²) >= 11 is 0. The third kappa shape index (κ3) is 3.15. The van der Waals surface area contributed by atoms with Crippen molar-refractivity contribution in [2.24, 2.45) is 0 Å². The maximum atomic E-state index is 13.6. The molecule has 0 spiro atoms. The van der Waals surface area contributed by atoms with Crippen molar-refractivity contribution in [2.75, 3.05) is 0 Å². The molecule has 1 unspecified atom stereocenters. The minimum absolute atomic E-state index is 0.317. The molecule has 5 heteroatoms. The van der Waals surface area contributed by atoms with Crippen molar-refractivity contribution in [3.8, 4) is 0 Å². The number of aromatic nitrogens is 2. The zero-order valence-electron chi connectivity index (χ0n) is 15.2. The first-order chi connectivity index (χ1) is 13.0. The Bertz CT molecular complexity index is 1190. The van der Waals surface area contributed by atoms with E-state index in [-0.39, 0.29) is 0 Å². The van der Waals surface area contributed by atoms with Gasteiger partial charge in [0, 0.05) is 23.3 Å². The van der Waals surface area contributed by atoms with E-state index in [1.807, 2.05) is 62.4 Å². The number of aryl methyl sites for hydroxylation is 2. The summed E-state index contributed by atoms with van der Waals surface area (Å²) in [5, 5.41) is 0.0116. The number of fused-ring (bicyclic) bond motifs is 1. The van der Waals surface area contributed by atoms with Gasteiger partial charge in [0.05, 0.1) is 4.90 Å². The van der Waals surface area contributed by atoms with E-state index < -0.39 is 15.1 Å². The molecule has 0 saturated carbocycles. The van der Waals surface area contributed by atoms with Crippen molar-refractivity contribution >= 4 is 20.9 Å². The predicted molar refractivity (Wildman–Crippen MR) is 107 cm³/mol. The fourth-order valence-corrected chi connectivity index (χ4v) is 5.16. The van der Waals surface area contributed by atoms with Crippen LogP contribution in [-0.4, -0.2) is 18.4 Å². The largest absolute Gasteiger partial charge is 0.346 e. The summed E-state index contributed by atoms with van der Waals surface area (Å²) in [6.45, 7) is 3.93. The SMILES string of the molecule is Cc1ccc(C(c2c[nH]c3ncccc23)S(=O)(=O)c2ccc(C)cc2)cc1. The second-order valence-corrected chi connectivity index (χ2v) is 8.83. The Morgan fingerprint density at radius 3 is 2.19 bits per heavy atom. The Kier molecular flexibility index (Phi) is 4.32. The van der Waals surface area contributed by atoms with Crippen molar-refractivity contribution in [1.29, 1.82) is 0 Å². The molecule has 0 radical (unpaired) electrons. The molecule has 0 fully saturated rings. The minimum Gasteiger partial charge on any atom is -0.346 e. The van der Waals surface area contributed by atoms with Crippen LogP contribution in [0.15, 0.2) is 78.0 Å². The summed E-state index contributed by atoms with van der Waals surface area (Å²) in [6.07, 6.45) is 3.45. The van der Waals surface area contributed by atoms with E-state index in [0.717, 1.165) is 22.1 Å². The molecule has 2 aromatic carbocycles. The van der Waals surface area contributed by atoms with Crippen LogP contribution in [0.3, 0.4) is 0 Å². The van der Waals surface area contributed by atoms with E-state index in [1.54, 1.807) is 24.5 Å². The zero-order valence-corrected chi connectivity index (χ0v) is 16.0. The van der Waals surface area contributed by atoms with E-state index in [9.17, 15) is 8.42 Å². The van der Waals surface area contributed by atoms with Crippen LogP contribution in [0.25, 0.3) is 11.0 Å². The molecular weight excluding hydrogens is 356 g/mol. The number of rotatable bonds is 4. The molecule has 0 aliphatic carbocycles. The van der Waals surface area contributed by atoms with Crippen LogP contribution >= 0.6 is 0 Å². The lowest BCUT2D eigenvalue weighted by molar-refractivity contribution is 0.589. The van der Waals surface area contributed by atoms with Crippen molar-refractivity contribution < 1.29 is 8.42 Å². The van der Waals surface area contributed by atoms with Crippen molar-refractivity contribution in [2.45, 2.75) is 24.0 Å². The number of hydrogen-bond donors (Lipinski definition) is 1. The Balaban J connectivity index is 1.96. The highest BCUT2D eigenvalue weighted by Crippen LogP contribution is 2.38. The summed E-state index contributed by atoms with van der Waals surface area (Å²) < 4.78 is 27.3. The first-order valence-electron chi connectivity index (χ1n) is 8.76. The first-order valence-corrected chi connectivity index (χ1v) is 10.3. The van der Waals surface area contributed by atoms with Gasteiger partial charge in [-0.1, -0.05) is 47.5 Å². The van der Waals surface area contributed by atoms with Crippen LogP contribution in [-0.2, 0) is 9.84 Å². The van der Waals surface area contributed by atoms with E-state index in [2.05, 4.69) is 9.97 Å². The molecule has 136 valence electrons. The third-order valence-electron chi connectivity index (χ3n) is 4.81. The average molecular weight is 376 g/mol. The summed E-state index contributed by atoms with van der Waals surface area (Å²) in [4.78, 5) is 7.73. The minimum atomic E-state index is -3.65. The summed E-state index contributed by atoms with van der Waals surface area (Å²) in [5.41, 5.74) is 4.25. The van der Waals surface area contributed by atoms with Gasteiger partial charge in [-0.05, 0) is 43.7 Å². The Hall–Kier alpha value is -2.92. The lowest BCUT2D eigenvalue weighted by Crippen LogP contribution is -2.15. The Morgan fingerprint density at radius 2 is 1.52 bits per heavy atom. The van der Waals surface area contributed by atoms with Gasteiger partial charge in [-0.2, -0.15) is 0 Å². The first kappa shape index (κ1) is 17.5. The van der Waals surface area contributed by atoms with Crippen LogP contribution in [0.1, 0.15) is 27.5 Å². The van der Waals surface area contributed by atoms with Gasteiger partial charge in [0.1, 0.15) is 10.9 Å². The molecule has 0 aliphatic rings. The molecule has 1 atom stereocenters. The summed E-state index contributed by atoms with van der Waals surface area (Å²) in [6, 6.07) is 18.4. The highest BCUT2D eigenvalue weighted by molar-refractivity contribution is 7.92. The molecule has 4 aromatic rings. The highest BCUT2D eigenvalue weighted by atomic mass is 32.2. The molecule has 4 rings (SSSR count). The molecule has 0 aliphatic heterocycles. The van der Waals surface area contributed by atoms with Crippen LogP contribution < -0.4 is 0 Å². The Labute approximate surface area is 158 Å². The van der Waals surface area contributed by atoms with Crippen molar-refractivity contribution in [3.05, 3.63) is 95.3 Å². The van der Waals surface area contributed by atoms with E-state index in [0.29, 0.717) is 16.1 Å². The standard InChI is InChI=1S/C22H20N2O2S/c1-15-5-9-17(10-6-15)21(20-14-24-22-19(20)4-3-13-23-22)27(25,26)18-11-7-16(2)8-12-18/h3-14,21H,1-2H3,(H,23,24). The predicted octanol–water partition coefficient (Wildman–Crippen LogP) is 4.74. The average Bonchev–Trinajstić information content (AvgIpc) is 3.08. The van der Waals surface area contributed by atoms with Gasteiger partial charge >= 0.3 is 0 Å². The number of nitrogens with one attached hydrogen (secondary N) is 1.